The van der Waals surface area contributed by atoms with Crippen LogP contribution in [0.25, 0.3) is 10.9 Å². The zero-order valence-electron chi connectivity index (χ0n) is 15.6. The van der Waals surface area contributed by atoms with E-state index in [4.69, 9.17) is 0 Å². The Morgan fingerprint density at radius 3 is 2.96 bits per heavy atom. The van der Waals surface area contributed by atoms with Crippen molar-refractivity contribution < 1.29 is 9.59 Å². The number of rotatable bonds is 6. The first kappa shape index (κ1) is 18.2. The maximum absolute atomic E-state index is 12.4. The van der Waals surface area contributed by atoms with Crippen molar-refractivity contribution in [1.29, 1.82) is 0 Å². The highest BCUT2D eigenvalue weighted by Crippen LogP contribution is 2.34. The average Bonchev–Trinajstić information content (AvgIpc) is 3.12. The summed E-state index contributed by atoms with van der Waals surface area (Å²) in [6.45, 7) is 0.422. The molecule has 2 heterocycles. The quantitative estimate of drug-likeness (QED) is 0.575. The third-order valence-electron chi connectivity index (χ3n) is 5.11. The van der Waals surface area contributed by atoms with E-state index in [0.717, 1.165) is 30.5 Å². The summed E-state index contributed by atoms with van der Waals surface area (Å²) in [4.78, 5) is 35.6. The Morgan fingerprint density at radius 1 is 1.21 bits per heavy atom. The van der Waals surface area contributed by atoms with E-state index in [1.165, 1.54) is 29.5 Å². The van der Waals surface area contributed by atoms with Gasteiger partial charge in [-0.05, 0) is 37.3 Å². The average molecular weight is 377 g/mol. The van der Waals surface area contributed by atoms with E-state index in [1.54, 1.807) is 0 Å². The van der Waals surface area contributed by atoms with E-state index in [-0.39, 0.29) is 23.6 Å². The molecule has 0 aliphatic heterocycles. The number of nitrogens with zero attached hydrogens (tertiary/aromatic N) is 2. The lowest BCUT2D eigenvalue weighted by Gasteiger charge is -2.24. The van der Waals surface area contributed by atoms with Crippen molar-refractivity contribution in [1.82, 2.24) is 25.6 Å². The Bertz CT molecular complexity index is 983. The number of H-pyrrole nitrogens is 1. The molecular weight excluding hydrogens is 354 g/mol. The summed E-state index contributed by atoms with van der Waals surface area (Å²) in [6, 6.07) is 8.31. The number of para-hydroxylation sites is 1. The van der Waals surface area contributed by atoms with Gasteiger partial charge in [-0.1, -0.05) is 18.2 Å². The van der Waals surface area contributed by atoms with E-state index < -0.39 is 0 Å². The summed E-state index contributed by atoms with van der Waals surface area (Å²) in [5, 5.41) is 7.17. The molecule has 28 heavy (non-hydrogen) atoms. The lowest BCUT2D eigenvalue weighted by atomic mass is 9.91. The van der Waals surface area contributed by atoms with Gasteiger partial charge in [-0.2, -0.15) is 0 Å². The first-order valence-electron chi connectivity index (χ1n) is 9.65. The van der Waals surface area contributed by atoms with Gasteiger partial charge in [0, 0.05) is 42.0 Å². The maximum Gasteiger partial charge on any atom is 0.271 e. The molecule has 1 atom stereocenters. The molecule has 7 nitrogen and oxygen atoms in total. The molecule has 3 aromatic rings. The van der Waals surface area contributed by atoms with Gasteiger partial charge in [0.05, 0.1) is 12.2 Å². The standard InChI is InChI=1S/C21H23N5O2/c27-19(9-4-10-24-21(28)18-13-22-11-12-23-18)25-17-8-3-6-15-14-5-1-2-7-16(14)26-20(15)17/h1-2,5,7,11-13,17,26H,3-4,6,8-10H2,(H,24,28)(H,25,27). The third-order valence-corrected chi connectivity index (χ3v) is 5.11. The maximum atomic E-state index is 12.4. The Kier molecular flexibility index (Phi) is 5.32. The number of aromatic amines is 1. The number of nitrogens with one attached hydrogen (secondary N) is 3. The van der Waals surface area contributed by atoms with Crippen LogP contribution in [0.5, 0.6) is 0 Å². The SMILES string of the molecule is O=C(CCCNC(=O)c1cnccn1)NC1CCCc2c1[nH]c1ccccc21. The predicted molar refractivity (Wildman–Crippen MR) is 106 cm³/mol. The fourth-order valence-corrected chi connectivity index (χ4v) is 3.78. The molecule has 0 bridgehead atoms. The normalized spacial score (nSPS) is 15.8. The van der Waals surface area contributed by atoms with Gasteiger partial charge >= 0.3 is 0 Å². The number of carbonyl (C=O) groups excluding carboxylic acids is 2. The van der Waals surface area contributed by atoms with Crippen molar-refractivity contribution in [2.45, 2.75) is 38.1 Å². The molecule has 0 radical (unpaired) electrons. The topological polar surface area (TPSA) is 99.8 Å². The molecule has 1 aliphatic rings. The number of aryl methyl sites for hydroxylation is 1. The summed E-state index contributed by atoms with van der Waals surface area (Å²) in [5.41, 5.74) is 3.86. The molecule has 0 saturated carbocycles. The second-order valence-corrected chi connectivity index (χ2v) is 7.03. The van der Waals surface area contributed by atoms with Gasteiger partial charge in [-0.25, -0.2) is 4.98 Å². The van der Waals surface area contributed by atoms with E-state index in [1.807, 2.05) is 12.1 Å². The predicted octanol–water partition coefficient (Wildman–Crippen LogP) is 2.66. The van der Waals surface area contributed by atoms with E-state index >= 15 is 0 Å². The van der Waals surface area contributed by atoms with Crippen LogP contribution in [0.15, 0.2) is 42.9 Å². The van der Waals surface area contributed by atoms with E-state index in [2.05, 4.69) is 37.7 Å². The molecule has 4 rings (SSSR count). The van der Waals surface area contributed by atoms with Crippen LogP contribution in [0.2, 0.25) is 0 Å². The lowest BCUT2D eigenvalue weighted by molar-refractivity contribution is -0.122. The lowest BCUT2D eigenvalue weighted by Crippen LogP contribution is -2.32. The van der Waals surface area contributed by atoms with E-state index in [9.17, 15) is 9.59 Å². The van der Waals surface area contributed by atoms with E-state index in [0.29, 0.717) is 19.4 Å². The number of hydrogen-bond donors (Lipinski definition) is 3. The minimum Gasteiger partial charge on any atom is -0.356 e. The van der Waals surface area contributed by atoms with Crippen molar-refractivity contribution in [3.63, 3.8) is 0 Å². The number of amides is 2. The van der Waals surface area contributed by atoms with Gasteiger partial charge in [0.25, 0.3) is 5.91 Å². The third kappa shape index (κ3) is 3.88. The minimum atomic E-state index is -0.275. The highest BCUT2D eigenvalue weighted by molar-refractivity contribution is 5.91. The summed E-state index contributed by atoms with van der Waals surface area (Å²) in [7, 11) is 0. The number of fused-ring (bicyclic) bond motifs is 3. The molecule has 0 spiro atoms. The Balaban J connectivity index is 1.29. The largest absolute Gasteiger partial charge is 0.356 e. The van der Waals surface area contributed by atoms with Gasteiger partial charge in [-0.15, -0.1) is 0 Å². The van der Waals surface area contributed by atoms with Gasteiger partial charge in [-0.3, -0.25) is 14.6 Å². The number of carbonyl (C=O) groups is 2. The highest BCUT2D eigenvalue weighted by Gasteiger charge is 2.25. The van der Waals surface area contributed by atoms with Crippen molar-refractivity contribution >= 4 is 22.7 Å². The first-order valence-corrected chi connectivity index (χ1v) is 9.65. The van der Waals surface area contributed by atoms with Crippen LogP contribution in [0, 0.1) is 0 Å². The second-order valence-electron chi connectivity index (χ2n) is 7.03. The van der Waals surface area contributed by atoms with Crippen molar-refractivity contribution in [3.8, 4) is 0 Å². The van der Waals surface area contributed by atoms with Gasteiger partial charge in [0.1, 0.15) is 5.69 Å². The molecule has 144 valence electrons. The molecular formula is C21H23N5O2. The summed E-state index contributed by atoms with van der Waals surface area (Å²) in [5.74, 6) is -0.270. The Morgan fingerprint density at radius 2 is 2.11 bits per heavy atom. The molecule has 1 aromatic carbocycles. The molecule has 0 fully saturated rings. The zero-order valence-corrected chi connectivity index (χ0v) is 15.6. The highest BCUT2D eigenvalue weighted by atomic mass is 16.2. The number of hydrogen-bond acceptors (Lipinski definition) is 4. The fraction of sp³-hybridized carbons (Fsp3) is 0.333. The molecule has 2 amide bonds. The van der Waals surface area contributed by atoms with Crippen LogP contribution in [-0.2, 0) is 11.2 Å². The molecule has 3 N–H and O–H groups in total. The van der Waals surface area contributed by atoms with Crippen molar-refractivity contribution in [2.24, 2.45) is 0 Å². The fourth-order valence-electron chi connectivity index (χ4n) is 3.78. The summed E-state index contributed by atoms with van der Waals surface area (Å²) < 4.78 is 0. The number of aromatic nitrogens is 3. The van der Waals surface area contributed by atoms with Gasteiger partial charge < -0.3 is 15.6 Å². The van der Waals surface area contributed by atoms with Gasteiger partial charge in [0.15, 0.2) is 0 Å². The van der Waals surface area contributed by atoms with Crippen molar-refractivity contribution in [2.75, 3.05) is 6.54 Å². The van der Waals surface area contributed by atoms with Crippen LogP contribution in [0.1, 0.15) is 53.5 Å². The first-order chi connectivity index (χ1) is 13.7. The molecule has 0 saturated heterocycles. The number of benzene rings is 1. The zero-order chi connectivity index (χ0) is 19.3. The van der Waals surface area contributed by atoms with Crippen LogP contribution in [0.4, 0.5) is 0 Å². The smallest absolute Gasteiger partial charge is 0.271 e. The Labute approximate surface area is 163 Å². The second kappa shape index (κ2) is 8.21. The van der Waals surface area contributed by atoms with Crippen LogP contribution >= 0.6 is 0 Å². The van der Waals surface area contributed by atoms with Crippen LogP contribution in [0.3, 0.4) is 0 Å². The molecule has 7 heteroatoms. The monoisotopic (exact) mass is 377 g/mol. The summed E-state index contributed by atoms with van der Waals surface area (Å²) in [6.07, 6.45) is 8.40. The molecule has 1 aliphatic carbocycles. The van der Waals surface area contributed by atoms with Gasteiger partial charge in [0.2, 0.25) is 5.91 Å². The van der Waals surface area contributed by atoms with Crippen LogP contribution < -0.4 is 10.6 Å². The van der Waals surface area contributed by atoms with Crippen molar-refractivity contribution in [3.05, 3.63) is 59.8 Å². The summed E-state index contributed by atoms with van der Waals surface area (Å²) >= 11 is 0. The molecule has 2 aromatic heterocycles. The van der Waals surface area contributed by atoms with Crippen LogP contribution in [-0.4, -0.2) is 33.3 Å². The Hall–Kier alpha value is -3.22. The minimum absolute atomic E-state index is 0.00487. The molecule has 1 unspecified atom stereocenters.